The molecular formula is C23H28O7. The summed E-state index contributed by atoms with van der Waals surface area (Å²) in [5, 5.41) is 11.3. The molecule has 1 heterocycles. The Kier molecular flexibility index (Phi) is 5.32. The van der Waals surface area contributed by atoms with Crippen molar-refractivity contribution in [2.24, 2.45) is 11.8 Å². The highest BCUT2D eigenvalue weighted by Gasteiger charge is 2.42. The van der Waals surface area contributed by atoms with Gasteiger partial charge in [-0.25, -0.2) is 0 Å². The molecule has 1 aliphatic carbocycles. The van der Waals surface area contributed by atoms with Crippen LogP contribution in [0.1, 0.15) is 24.2 Å². The number of phenolic OH excluding ortho intramolecular Hbond substituents is 1. The third kappa shape index (κ3) is 2.83. The normalized spacial score (nSPS) is 21.7. The number of aromatic hydroxyl groups is 1. The molecule has 1 aliphatic heterocycles. The Morgan fingerprint density at radius 1 is 0.833 bits per heavy atom. The second-order valence-electron chi connectivity index (χ2n) is 7.68. The molecule has 1 saturated heterocycles. The molecule has 3 atom stereocenters. The summed E-state index contributed by atoms with van der Waals surface area (Å²) < 4.78 is 34.2. The summed E-state index contributed by atoms with van der Waals surface area (Å²) in [6.07, 6.45) is 0.581. The number of fused-ring (bicyclic) bond motifs is 6. The highest BCUT2D eigenvalue weighted by atomic mass is 16.5. The largest absolute Gasteiger partial charge is 0.504 e. The Hall–Kier alpha value is -2.80. The van der Waals surface area contributed by atoms with Crippen molar-refractivity contribution in [1.29, 1.82) is 0 Å². The van der Waals surface area contributed by atoms with E-state index in [1.165, 1.54) is 7.11 Å². The van der Waals surface area contributed by atoms with E-state index in [0.29, 0.717) is 41.1 Å². The van der Waals surface area contributed by atoms with Crippen molar-refractivity contribution in [2.45, 2.75) is 19.4 Å². The molecule has 0 aromatic heterocycles. The summed E-state index contributed by atoms with van der Waals surface area (Å²) >= 11 is 0. The zero-order valence-corrected chi connectivity index (χ0v) is 18.2. The van der Waals surface area contributed by atoms with E-state index in [0.717, 1.165) is 23.1 Å². The van der Waals surface area contributed by atoms with Crippen LogP contribution in [0.3, 0.4) is 0 Å². The van der Waals surface area contributed by atoms with Crippen LogP contribution in [0.2, 0.25) is 0 Å². The second kappa shape index (κ2) is 7.80. The summed E-state index contributed by atoms with van der Waals surface area (Å²) in [5.74, 6) is 2.84. The molecule has 0 radical (unpaired) electrons. The lowest BCUT2D eigenvalue weighted by Gasteiger charge is -2.30. The molecule has 2 aromatic rings. The average Bonchev–Trinajstić information content (AvgIpc) is 3.14. The maximum Gasteiger partial charge on any atom is 0.203 e. The topological polar surface area (TPSA) is 75.6 Å². The smallest absolute Gasteiger partial charge is 0.203 e. The van der Waals surface area contributed by atoms with Crippen LogP contribution in [-0.2, 0) is 11.2 Å². The van der Waals surface area contributed by atoms with Crippen molar-refractivity contribution >= 4 is 0 Å². The first kappa shape index (κ1) is 20.5. The van der Waals surface area contributed by atoms with Gasteiger partial charge in [-0.2, -0.15) is 0 Å². The lowest BCUT2D eigenvalue weighted by molar-refractivity contribution is 0.0936. The van der Waals surface area contributed by atoms with Gasteiger partial charge in [-0.3, -0.25) is 0 Å². The van der Waals surface area contributed by atoms with Gasteiger partial charge in [0, 0.05) is 11.1 Å². The molecule has 7 heteroatoms. The van der Waals surface area contributed by atoms with Gasteiger partial charge in [-0.05, 0) is 41.5 Å². The lowest BCUT2D eigenvalue weighted by atomic mass is 9.77. The molecule has 1 N–H and O–H groups in total. The Morgan fingerprint density at radius 3 is 2.07 bits per heavy atom. The number of benzene rings is 2. The monoisotopic (exact) mass is 416 g/mol. The van der Waals surface area contributed by atoms with Crippen molar-refractivity contribution in [1.82, 2.24) is 0 Å². The predicted octanol–water partition coefficient (Wildman–Crippen LogP) is 3.98. The van der Waals surface area contributed by atoms with Crippen molar-refractivity contribution in [3.63, 3.8) is 0 Å². The molecule has 0 amide bonds. The fraction of sp³-hybridized carbons (Fsp3) is 0.478. The molecule has 1 fully saturated rings. The molecule has 2 bridgehead atoms. The molecule has 0 saturated carbocycles. The summed E-state index contributed by atoms with van der Waals surface area (Å²) in [4.78, 5) is 0. The van der Waals surface area contributed by atoms with Crippen LogP contribution in [0.5, 0.6) is 34.5 Å². The minimum atomic E-state index is -0.153. The molecule has 0 unspecified atom stereocenters. The van der Waals surface area contributed by atoms with E-state index >= 15 is 0 Å². The Balaban J connectivity index is 2.16. The average molecular weight is 416 g/mol. The molecule has 0 spiro atoms. The van der Waals surface area contributed by atoms with Gasteiger partial charge in [0.2, 0.25) is 11.5 Å². The lowest BCUT2D eigenvalue weighted by Crippen LogP contribution is -2.18. The first-order valence-electron chi connectivity index (χ1n) is 9.92. The second-order valence-corrected chi connectivity index (χ2v) is 7.68. The zero-order valence-electron chi connectivity index (χ0n) is 18.2. The minimum Gasteiger partial charge on any atom is -0.504 e. The van der Waals surface area contributed by atoms with Gasteiger partial charge in [0.05, 0.1) is 48.3 Å². The van der Waals surface area contributed by atoms with Crippen LogP contribution in [0, 0.1) is 11.8 Å². The fourth-order valence-corrected chi connectivity index (χ4v) is 4.80. The van der Waals surface area contributed by atoms with Crippen LogP contribution >= 0.6 is 0 Å². The van der Waals surface area contributed by atoms with Crippen LogP contribution in [0.15, 0.2) is 12.1 Å². The molecule has 2 aliphatic rings. The van der Waals surface area contributed by atoms with Gasteiger partial charge < -0.3 is 33.5 Å². The van der Waals surface area contributed by atoms with E-state index in [2.05, 4.69) is 6.92 Å². The molecule has 2 aromatic carbocycles. The van der Waals surface area contributed by atoms with E-state index in [1.54, 1.807) is 28.4 Å². The highest BCUT2D eigenvalue weighted by molar-refractivity contribution is 5.88. The van der Waals surface area contributed by atoms with Gasteiger partial charge in [0.1, 0.15) is 0 Å². The Labute approximate surface area is 176 Å². The molecule has 7 nitrogen and oxygen atoms in total. The number of phenols is 1. The molecule has 162 valence electrons. The van der Waals surface area contributed by atoms with Crippen LogP contribution < -0.4 is 23.7 Å². The number of methoxy groups -OCH3 is 5. The first-order valence-corrected chi connectivity index (χ1v) is 9.92. The Morgan fingerprint density at radius 2 is 1.47 bits per heavy atom. The van der Waals surface area contributed by atoms with Crippen LogP contribution in [-0.4, -0.2) is 47.3 Å². The van der Waals surface area contributed by atoms with E-state index in [9.17, 15) is 5.11 Å². The number of rotatable bonds is 5. The van der Waals surface area contributed by atoms with Crippen molar-refractivity contribution in [3.05, 3.63) is 23.3 Å². The SMILES string of the molecule is COc1cc2c(c(O)c1OC)-c1c(cc(OC)c(OC)c1OC)[C@@H]1OC[C@@H](C2)[C@H]1C. The van der Waals surface area contributed by atoms with Crippen LogP contribution in [0.4, 0.5) is 0 Å². The predicted molar refractivity (Wildman–Crippen MR) is 111 cm³/mol. The number of ether oxygens (including phenoxy) is 6. The van der Waals surface area contributed by atoms with Gasteiger partial charge >= 0.3 is 0 Å². The van der Waals surface area contributed by atoms with Crippen molar-refractivity contribution in [2.75, 3.05) is 42.2 Å². The van der Waals surface area contributed by atoms with Crippen LogP contribution in [0.25, 0.3) is 11.1 Å². The van der Waals surface area contributed by atoms with Crippen molar-refractivity contribution < 1.29 is 33.5 Å². The first-order chi connectivity index (χ1) is 14.5. The van der Waals surface area contributed by atoms with E-state index in [4.69, 9.17) is 28.4 Å². The quantitative estimate of drug-likeness (QED) is 0.790. The van der Waals surface area contributed by atoms with Gasteiger partial charge in [0.25, 0.3) is 0 Å². The molecular weight excluding hydrogens is 388 g/mol. The Bertz CT molecular complexity index is 969. The van der Waals surface area contributed by atoms with E-state index in [-0.39, 0.29) is 23.5 Å². The summed E-state index contributed by atoms with van der Waals surface area (Å²) in [7, 11) is 7.81. The fourth-order valence-electron chi connectivity index (χ4n) is 4.80. The standard InChI is InChI=1S/C23H28O7/c1-11-13-7-12-8-15(25-2)21(27-4)19(24)17(12)18-14(20(11)30-10-13)9-16(26-3)22(28-5)23(18)29-6/h8-9,11,13,20,24H,7,10H2,1-6H3/t11-,13-,20-/m1/s1. The number of hydrogen-bond donors (Lipinski definition) is 1. The van der Waals surface area contributed by atoms with E-state index < -0.39 is 0 Å². The van der Waals surface area contributed by atoms with Gasteiger partial charge in [-0.1, -0.05) is 6.92 Å². The summed E-state index contributed by atoms with van der Waals surface area (Å²) in [6.45, 7) is 2.83. The maximum atomic E-state index is 11.3. The van der Waals surface area contributed by atoms with E-state index in [1.807, 2.05) is 12.1 Å². The molecule has 30 heavy (non-hydrogen) atoms. The van der Waals surface area contributed by atoms with Gasteiger partial charge in [-0.15, -0.1) is 0 Å². The minimum absolute atomic E-state index is 0.00701. The third-order valence-electron chi connectivity index (χ3n) is 6.34. The third-order valence-corrected chi connectivity index (χ3v) is 6.34. The molecule has 4 rings (SSSR count). The van der Waals surface area contributed by atoms with Gasteiger partial charge in [0.15, 0.2) is 23.0 Å². The highest BCUT2D eigenvalue weighted by Crippen LogP contribution is 2.58. The zero-order chi connectivity index (χ0) is 21.6. The maximum absolute atomic E-state index is 11.3. The summed E-state index contributed by atoms with van der Waals surface area (Å²) in [6, 6.07) is 3.85. The summed E-state index contributed by atoms with van der Waals surface area (Å²) in [5.41, 5.74) is 3.20. The number of hydrogen-bond acceptors (Lipinski definition) is 7. The van der Waals surface area contributed by atoms with Crippen molar-refractivity contribution in [3.8, 4) is 45.6 Å².